The molecule has 0 saturated carbocycles. The predicted octanol–water partition coefficient (Wildman–Crippen LogP) is 2.88. The highest BCUT2D eigenvalue weighted by Gasteiger charge is 2.35. The maximum Gasteiger partial charge on any atom is 0.245 e. The molecule has 0 radical (unpaired) electrons. The maximum absolute atomic E-state index is 14.5. The van der Waals surface area contributed by atoms with Crippen LogP contribution >= 0.6 is 11.6 Å². The number of nitrogens with one attached hydrogen (secondary N) is 1. The van der Waals surface area contributed by atoms with Gasteiger partial charge in [-0.2, -0.15) is 0 Å². The third-order valence-electron chi connectivity index (χ3n) is 6.02. The molecule has 1 N–H and O–H groups in total. The normalized spacial score (nSPS) is 20.2. The quantitative estimate of drug-likeness (QED) is 0.675. The van der Waals surface area contributed by atoms with E-state index in [1.165, 1.54) is 0 Å². The molecule has 3 heterocycles. The van der Waals surface area contributed by atoms with Crippen molar-refractivity contribution < 1.29 is 22.0 Å². The third kappa shape index (κ3) is 5.19. The smallest absolute Gasteiger partial charge is 0.245 e. The van der Waals surface area contributed by atoms with Crippen LogP contribution in [-0.4, -0.2) is 67.2 Å². The zero-order chi connectivity index (χ0) is 23.8. The van der Waals surface area contributed by atoms with Crippen LogP contribution in [-0.2, 0) is 14.6 Å². The van der Waals surface area contributed by atoms with Crippen LogP contribution in [0.4, 0.5) is 20.4 Å². The summed E-state index contributed by atoms with van der Waals surface area (Å²) in [6.45, 7) is 1.96. The summed E-state index contributed by atoms with van der Waals surface area (Å²) in [7, 11) is -3.90. The lowest BCUT2D eigenvalue weighted by Crippen LogP contribution is -2.54. The molecule has 2 aliphatic heterocycles. The van der Waals surface area contributed by atoms with E-state index < -0.39 is 32.4 Å². The van der Waals surface area contributed by atoms with Crippen molar-refractivity contribution in [3.05, 3.63) is 41.2 Å². The summed E-state index contributed by atoms with van der Waals surface area (Å²) >= 11 is 5.84. The molecule has 2 aromatic rings. The molecule has 4 rings (SSSR count). The van der Waals surface area contributed by atoms with Gasteiger partial charge in [-0.3, -0.25) is 4.79 Å². The maximum atomic E-state index is 14.5. The summed E-state index contributed by atoms with van der Waals surface area (Å²) in [5.41, 5.74) is -0.227. The second-order valence-electron chi connectivity index (χ2n) is 8.32. The van der Waals surface area contributed by atoms with Crippen molar-refractivity contribution in [2.75, 3.05) is 36.1 Å². The fourth-order valence-electron chi connectivity index (χ4n) is 4.35. The average Bonchev–Trinajstić information content (AvgIpc) is 2.77. The number of carbonyl (C=O) groups is 1. The molecular formula is C21H24ClF2N5O3S. The van der Waals surface area contributed by atoms with E-state index in [1.54, 1.807) is 17.3 Å². The van der Waals surface area contributed by atoms with Crippen LogP contribution in [0.5, 0.6) is 0 Å². The lowest BCUT2D eigenvalue weighted by molar-refractivity contribution is -0.137. The number of carbonyl (C=O) groups excluding carboxylic acids is 1. The van der Waals surface area contributed by atoms with Crippen molar-refractivity contribution in [3.8, 4) is 0 Å². The van der Waals surface area contributed by atoms with Crippen LogP contribution in [0.15, 0.2) is 29.4 Å². The number of rotatable bonds is 5. The van der Waals surface area contributed by atoms with Crippen LogP contribution in [0.2, 0.25) is 5.02 Å². The first kappa shape index (κ1) is 23.6. The number of anilines is 2. The van der Waals surface area contributed by atoms with Crippen LogP contribution in [0.25, 0.3) is 0 Å². The van der Waals surface area contributed by atoms with Gasteiger partial charge in [0, 0.05) is 38.0 Å². The molecule has 1 aromatic carbocycles. The minimum Gasteiger partial charge on any atom is -0.371 e. The van der Waals surface area contributed by atoms with Gasteiger partial charge in [0.1, 0.15) is 22.6 Å². The number of sulfone groups is 1. The van der Waals surface area contributed by atoms with E-state index in [0.29, 0.717) is 43.1 Å². The first-order chi connectivity index (χ1) is 15.6. The molecule has 0 aliphatic carbocycles. The Bertz CT molecular complexity index is 1140. The molecule has 2 saturated heterocycles. The summed E-state index contributed by atoms with van der Waals surface area (Å²) < 4.78 is 51.9. The molecule has 12 heteroatoms. The molecule has 2 aliphatic rings. The SMILES string of the molecule is CS(=O)(=O)c1cc(F)c(N[C@H]2CCCN(C3CCN(c4ncc(Cl)cn4)CC3)C2=O)cc1F. The zero-order valence-corrected chi connectivity index (χ0v) is 19.5. The standard InChI is InChI=1S/C21H24ClF2N5O3S/c1-33(31,32)19-10-15(23)18(9-16(19)24)27-17-3-2-6-29(20(17)30)14-4-7-28(8-5-14)21-25-11-13(22)12-26-21/h9-12,14,17,27H,2-8H2,1H3/t17-/m0/s1. The number of halogens is 3. The van der Waals surface area contributed by atoms with Crippen molar-refractivity contribution >= 4 is 39.0 Å². The molecule has 1 amide bonds. The molecular weight excluding hydrogens is 476 g/mol. The van der Waals surface area contributed by atoms with Crippen LogP contribution in [0, 0.1) is 11.6 Å². The Labute approximate surface area is 195 Å². The van der Waals surface area contributed by atoms with Crippen molar-refractivity contribution in [3.63, 3.8) is 0 Å². The van der Waals surface area contributed by atoms with E-state index in [9.17, 15) is 22.0 Å². The number of hydrogen-bond donors (Lipinski definition) is 1. The first-order valence-electron chi connectivity index (χ1n) is 10.6. The Balaban J connectivity index is 1.42. The number of hydrogen-bond acceptors (Lipinski definition) is 7. The Morgan fingerprint density at radius 2 is 1.73 bits per heavy atom. The van der Waals surface area contributed by atoms with Crippen molar-refractivity contribution in [2.24, 2.45) is 0 Å². The lowest BCUT2D eigenvalue weighted by Gasteiger charge is -2.42. The summed E-state index contributed by atoms with van der Waals surface area (Å²) in [6.07, 6.45) is 6.56. The van der Waals surface area contributed by atoms with Gasteiger partial charge in [-0.15, -0.1) is 0 Å². The van der Waals surface area contributed by atoms with Crippen molar-refractivity contribution in [2.45, 2.75) is 42.7 Å². The monoisotopic (exact) mass is 499 g/mol. The molecule has 0 bridgehead atoms. The highest BCUT2D eigenvalue weighted by atomic mass is 35.5. The van der Waals surface area contributed by atoms with E-state index in [4.69, 9.17) is 11.6 Å². The lowest BCUT2D eigenvalue weighted by atomic mass is 9.97. The van der Waals surface area contributed by atoms with Gasteiger partial charge >= 0.3 is 0 Å². The molecule has 33 heavy (non-hydrogen) atoms. The van der Waals surface area contributed by atoms with Gasteiger partial charge in [0.15, 0.2) is 9.84 Å². The Morgan fingerprint density at radius 1 is 1.06 bits per heavy atom. The highest BCUT2D eigenvalue weighted by molar-refractivity contribution is 7.90. The largest absolute Gasteiger partial charge is 0.371 e. The molecule has 8 nitrogen and oxygen atoms in total. The van der Waals surface area contributed by atoms with Gasteiger partial charge in [-0.05, 0) is 31.7 Å². The second-order valence-corrected chi connectivity index (χ2v) is 10.7. The van der Waals surface area contributed by atoms with Crippen molar-refractivity contribution in [1.82, 2.24) is 14.9 Å². The Kier molecular flexibility index (Phi) is 6.71. The van der Waals surface area contributed by atoms with E-state index in [0.717, 1.165) is 31.6 Å². The van der Waals surface area contributed by atoms with Crippen LogP contribution in [0.1, 0.15) is 25.7 Å². The van der Waals surface area contributed by atoms with Gasteiger partial charge in [0.05, 0.1) is 23.1 Å². The second kappa shape index (κ2) is 9.38. The minimum absolute atomic E-state index is 0.0276. The van der Waals surface area contributed by atoms with Gasteiger partial charge in [-0.1, -0.05) is 11.6 Å². The number of likely N-dealkylation sites (tertiary alicyclic amines) is 1. The fraction of sp³-hybridized carbons (Fsp3) is 0.476. The molecule has 1 aromatic heterocycles. The van der Waals surface area contributed by atoms with Gasteiger partial charge in [0.2, 0.25) is 11.9 Å². The summed E-state index contributed by atoms with van der Waals surface area (Å²) in [5, 5.41) is 3.25. The number of aromatic nitrogens is 2. The first-order valence-corrected chi connectivity index (χ1v) is 12.9. The molecule has 0 unspecified atom stereocenters. The van der Waals surface area contributed by atoms with Crippen molar-refractivity contribution in [1.29, 1.82) is 0 Å². The van der Waals surface area contributed by atoms with E-state index in [1.807, 2.05) is 4.90 Å². The van der Waals surface area contributed by atoms with Gasteiger partial charge in [-0.25, -0.2) is 27.2 Å². The highest BCUT2D eigenvalue weighted by Crippen LogP contribution is 2.28. The predicted molar refractivity (Wildman–Crippen MR) is 120 cm³/mol. The number of benzene rings is 1. The summed E-state index contributed by atoms with van der Waals surface area (Å²) in [5.74, 6) is -1.55. The van der Waals surface area contributed by atoms with E-state index in [-0.39, 0.29) is 17.6 Å². The summed E-state index contributed by atoms with van der Waals surface area (Å²) in [4.78, 5) is 24.8. The average molecular weight is 500 g/mol. The number of amides is 1. The molecule has 1 atom stereocenters. The fourth-order valence-corrected chi connectivity index (χ4v) is 5.18. The number of piperidine rings is 2. The van der Waals surface area contributed by atoms with Crippen LogP contribution < -0.4 is 10.2 Å². The molecule has 2 fully saturated rings. The number of nitrogens with zero attached hydrogens (tertiary/aromatic N) is 4. The minimum atomic E-state index is -3.90. The van der Waals surface area contributed by atoms with Gasteiger partial charge < -0.3 is 15.1 Å². The zero-order valence-electron chi connectivity index (χ0n) is 18.0. The topological polar surface area (TPSA) is 95.5 Å². The Morgan fingerprint density at radius 3 is 2.36 bits per heavy atom. The Hall–Kier alpha value is -2.53. The van der Waals surface area contributed by atoms with E-state index in [2.05, 4.69) is 15.3 Å². The van der Waals surface area contributed by atoms with E-state index >= 15 is 0 Å². The third-order valence-corrected chi connectivity index (χ3v) is 7.33. The van der Waals surface area contributed by atoms with Crippen LogP contribution in [0.3, 0.4) is 0 Å². The molecule has 178 valence electrons. The summed E-state index contributed by atoms with van der Waals surface area (Å²) in [6, 6.07) is 0.754. The molecule has 0 spiro atoms. The van der Waals surface area contributed by atoms with Gasteiger partial charge in [0.25, 0.3) is 0 Å².